The Morgan fingerprint density at radius 2 is 2.04 bits per heavy atom. The lowest BCUT2D eigenvalue weighted by Gasteiger charge is -2.12. The average molecular weight is 467 g/mol. The smallest absolute Gasteiger partial charge is 0.229 e. The van der Waals surface area contributed by atoms with Gasteiger partial charge in [-0.05, 0) is 38.1 Å². The first-order valence-corrected chi connectivity index (χ1v) is 9.91. The standard InChI is InChI=1S/C19H21BrClN5O2/c1-12(9-26-14(3)18(21)13(2)24-26)19(27)23-16-8-22-25(10-16)11-28-17-6-4-15(20)5-7-17/h4-8,10,12H,9,11H2,1-3H3,(H,23,27). The summed E-state index contributed by atoms with van der Waals surface area (Å²) in [6.07, 6.45) is 3.32. The molecule has 0 spiro atoms. The van der Waals surface area contributed by atoms with Crippen molar-refractivity contribution in [1.82, 2.24) is 19.6 Å². The van der Waals surface area contributed by atoms with E-state index in [-0.39, 0.29) is 18.6 Å². The molecule has 3 aromatic rings. The topological polar surface area (TPSA) is 74.0 Å². The summed E-state index contributed by atoms with van der Waals surface area (Å²) in [7, 11) is 0. The van der Waals surface area contributed by atoms with E-state index in [1.807, 2.05) is 45.0 Å². The van der Waals surface area contributed by atoms with Crippen LogP contribution in [-0.2, 0) is 18.1 Å². The third-order valence-electron chi connectivity index (χ3n) is 4.27. The highest BCUT2D eigenvalue weighted by Crippen LogP contribution is 2.20. The van der Waals surface area contributed by atoms with Crippen molar-refractivity contribution < 1.29 is 9.53 Å². The Hall–Kier alpha value is -2.32. The number of nitrogens with one attached hydrogen (secondary N) is 1. The number of rotatable bonds is 7. The molecule has 1 aromatic carbocycles. The number of hydrogen-bond acceptors (Lipinski definition) is 4. The highest BCUT2D eigenvalue weighted by molar-refractivity contribution is 9.10. The van der Waals surface area contributed by atoms with E-state index in [2.05, 4.69) is 31.4 Å². The Labute approximate surface area is 176 Å². The third-order valence-corrected chi connectivity index (χ3v) is 5.34. The fourth-order valence-corrected chi connectivity index (χ4v) is 3.03. The molecule has 1 unspecified atom stereocenters. The fraction of sp³-hybridized carbons (Fsp3) is 0.316. The van der Waals surface area contributed by atoms with Gasteiger partial charge >= 0.3 is 0 Å². The van der Waals surface area contributed by atoms with Gasteiger partial charge in [-0.1, -0.05) is 34.5 Å². The summed E-state index contributed by atoms with van der Waals surface area (Å²) >= 11 is 9.55. The molecular weight excluding hydrogens is 446 g/mol. The van der Waals surface area contributed by atoms with Crippen LogP contribution < -0.4 is 10.1 Å². The number of benzene rings is 1. The van der Waals surface area contributed by atoms with Crippen LogP contribution in [-0.4, -0.2) is 25.5 Å². The molecule has 7 nitrogen and oxygen atoms in total. The van der Waals surface area contributed by atoms with Crippen molar-refractivity contribution in [3.05, 3.63) is 57.5 Å². The van der Waals surface area contributed by atoms with Crippen molar-refractivity contribution in [3.8, 4) is 5.75 Å². The minimum absolute atomic E-state index is 0.114. The predicted molar refractivity (Wildman–Crippen MR) is 112 cm³/mol. The van der Waals surface area contributed by atoms with Gasteiger partial charge in [-0.3, -0.25) is 9.48 Å². The number of carbonyl (C=O) groups excluding carboxylic acids is 1. The number of nitrogens with zero attached hydrogens (tertiary/aromatic N) is 4. The molecule has 0 saturated heterocycles. The fourth-order valence-electron chi connectivity index (χ4n) is 2.63. The van der Waals surface area contributed by atoms with Gasteiger partial charge in [0.05, 0.1) is 47.0 Å². The Morgan fingerprint density at radius 1 is 1.32 bits per heavy atom. The zero-order valence-electron chi connectivity index (χ0n) is 15.8. The maximum Gasteiger partial charge on any atom is 0.229 e. The average Bonchev–Trinajstić information content (AvgIpc) is 3.21. The van der Waals surface area contributed by atoms with Gasteiger partial charge in [0.2, 0.25) is 5.91 Å². The maximum absolute atomic E-state index is 12.5. The van der Waals surface area contributed by atoms with Crippen molar-refractivity contribution in [2.24, 2.45) is 5.92 Å². The Balaban J connectivity index is 1.54. The summed E-state index contributed by atoms with van der Waals surface area (Å²) < 4.78 is 10.0. The van der Waals surface area contributed by atoms with Gasteiger partial charge in [0.15, 0.2) is 6.73 Å². The second-order valence-corrected chi connectivity index (χ2v) is 7.85. The minimum Gasteiger partial charge on any atom is -0.471 e. The zero-order valence-corrected chi connectivity index (χ0v) is 18.2. The third kappa shape index (κ3) is 4.94. The second-order valence-electron chi connectivity index (χ2n) is 6.55. The summed E-state index contributed by atoms with van der Waals surface area (Å²) in [6, 6.07) is 7.54. The Bertz CT molecular complexity index is 967. The Morgan fingerprint density at radius 3 is 2.68 bits per heavy atom. The van der Waals surface area contributed by atoms with Crippen LogP contribution in [0.3, 0.4) is 0 Å². The molecule has 0 saturated carbocycles. The highest BCUT2D eigenvalue weighted by Gasteiger charge is 2.18. The molecule has 1 atom stereocenters. The van der Waals surface area contributed by atoms with Gasteiger partial charge in [-0.15, -0.1) is 0 Å². The van der Waals surface area contributed by atoms with Gasteiger partial charge in [-0.25, -0.2) is 4.68 Å². The number of aromatic nitrogens is 4. The SMILES string of the molecule is Cc1nn(CC(C)C(=O)Nc2cnn(COc3ccc(Br)cc3)c2)c(C)c1Cl. The molecule has 9 heteroatoms. The van der Waals surface area contributed by atoms with E-state index in [9.17, 15) is 4.79 Å². The first kappa shape index (κ1) is 20.4. The van der Waals surface area contributed by atoms with Gasteiger partial charge in [0.25, 0.3) is 0 Å². The molecule has 2 aromatic heterocycles. The van der Waals surface area contributed by atoms with Gasteiger partial charge in [-0.2, -0.15) is 10.2 Å². The van der Waals surface area contributed by atoms with E-state index in [1.54, 1.807) is 21.8 Å². The van der Waals surface area contributed by atoms with Crippen molar-refractivity contribution in [2.45, 2.75) is 34.0 Å². The Kier molecular flexibility index (Phi) is 6.41. The summed E-state index contributed by atoms with van der Waals surface area (Å²) in [5.41, 5.74) is 2.23. The molecule has 0 aliphatic rings. The molecule has 0 radical (unpaired) electrons. The lowest BCUT2D eigenvalue weighted by molar-refractivity contribution is -0.119. The van der Waals surface area contributed by atoms with Gasteiger partial charge in [0.1, 0.15) is 5.75 Å². The number of amides is 1. The van der Waals surface area contributed by atoms with Crippen LogP contribution in [0.2, 0.25) is 5.02 Å². The van der Waals surface area contributed by atoms with Crippen molar-refractivity contribution in [3.63, 3.8) is 0 Å². The number of aryl methyl sites for hydroxylation is 1. The van der Waals surface area contributed by atoms with Crippen LogP contribution in [0.25, 0.3) is 0 Å². The lowest BCUT2D eigenvalue weighted by Crippen LogP contribution is -2.25. The lowest BCUT2D eigenvalue weighted by atomic mass is 10.1. The molecule has 0 aliphatic carbocycles. The van der Waals surface area contributed by atoms with Crippen LogP contribution in [0, 0.1) is 19.8 Å². The highest BCUT2D eigenvalue weighted by atomic mass is 79.9. The number of hydrogen-bond donors (Lipinski definition) is 1. The number of ether oxygens (including phenoxy) is 1. The molecule has 3 rings (SSSR count). The van der Waals surface area contributed by atoms with E-state index in [1.165, 1.54) is 0 Å². The van der Waals surface area contributed by atoms with Crippen LogP contribution in [0.4, 0.5) is 5.69 Å². The van der Waals surface area contributed by atoms with Gasteiger partial charge < -0.3 is 10.1 Å². The van der Waals surface area contributed by atoms with E-state index < -0.39 is 0 Å². The molecule has 2 heterocycles. The number of anilines is 1. The van der Waals surface area contributed by atoms with E-state index >= 15 is 0 Å². The number of halogens is 2. The van der Waals surface area contributed by atoms with Crippen LogP contribution in [0.15, 0.2) is 41.1 Å². The first-order valence-electron chi connectivity index (χ1n) is 8.74. The van der Waals surface area contributed by atoms with Crippen molar-refractivity contribution in [1.29, 1.82) is 0 Å². The normalized spacial score (nSPS) is 12.0. The number of carbonyl (C=O) groups is 1. The molecule has 0 bridgehead atoms. The van der Waals surface area contributed by atoms with Crippen molar-refractivity contribution in [2.75, 3.05) is 5.32 Å². The minimum atomic E-state index is -0.281. The molecule has 28 heavy (non-hydrogen) atoms. The van der Waals surface area contributed by atoms with E-state index in [0.29, 0.717) is 17.3 Å². The first-order chi connectivity index (χ1) is 13.3. The van der Waals surface area contributed by atoms with Crippen LogP contribution in [0.1, 0.15) is 18.3 Å². The molecule has 1 amide bonds. The predicted octanol–water partition coefficient (Wildman–Crippen LogP) is 4.42. The summed E-state index contributed by atoms with van der Waals surface area (Å²) in [4.78, 5) is 12.5. The molecular formula is C19H21BrClN5O2. The van der Waals surface area contributed by atoms with Crippen LogP contribution >= 0.6 is 27.5 Å². The second kappa shape index (κ2) is 8.79. The van der Waals surface area contributed by atoms with E-state index in [4.69, 9.17) is 16.3 Å². The summed E-state index contributed by atoms with van der Waals surface area (Å²) in [5, 5.41) is 12.1. The maximum atomic E-state index is 12.5. The monoisotopic (exact) mass is 465 g/mol. The molecule has 148 valence electrons. The molecule has 0 fully saturated rings. The van der Waals surface area contributed by atoms with Crippen LogP contribution in [0.5, 0.6) is 5.75 Å². The zero-order chi connectivity index (χ0) is 20.3. The largest absolute Gasteiger partial charge is 0.471 e. The molecule has 0 aliphatic heterocycles. The molecule has 1 N–H and O–H groups in total. The van der Waals surface area contributed by atoms with Crippen molar-refractivity contribution >= 4 is 39.1 Å². The van der Waals surface area contributed by atoms with Gasteiger partial charge in [0, 0.05) is 4.47 Å². The quantitative estimate of drug-likeness (QED) is 0.559. The summed E-state index contributed by atoms with van der Waals surface area (Å²) in [6.45, 7) is 6.29. The summed E-state index contributed by atoms with van der Waals surface area (Å²) in [5.74, 6) is 0.343. The van der Waals surface area contributed by atoms with E-state index in [0.717, 1.165) is 21.6 Å².